The molecule has 25 heavy (non-hydrogen) atoms. The molecule has 5 unspecified atom stereocenters. The lowest BCUT2D eigenvalue weighted by atomic mass is 9.90. The van der Waals surface area contributed by atoms with Crippen molar-refractivity contribution in [3.05, 3.63) is 11.6 Å². The van der Waals surface area contributed by atoms with E-state index < -0.39 is 8.32 Å². The summed E-state index contributed by atoms with van der Waals surface area (Å²) in [6.45, 7) is 14.8. The molecule has 5 atom stereocenters. The third kappa shape index (κ3) is 4.82. The van der Waals surface area contributed by atoms with Crippen LogP contribution in [-0.4, -0.2) is 47.1 Å². The van der Waals surface area contributed by atoms with Gasteiger partial charge in [0.25, 0.3) is 0 Å². The lowest BCUT2D eigenvalue weighted by Gasteiger charge is -2.38. The summed E-state index contributed by atoms with van der Waals surface area (Å²) in [5, 5.41) is 0.201. The highest BCUT2D eigenvalue weighted by atomic mass is 28.4. The van der Waals surface area contributed by atoms with Gasteiger partial charge in [0.2, 0.25) is 0 Å². The smallest absolute Gasteiger partial charge is 0.191 e. The van der Waals surface area contributed by atoms with E-state index in [4.69, 9.17) is 13.9 Å². The predicted octanol–water partition coefficient (Wildman–Crippen LogP) is 4.21. The van der Waals surface area contributed by atoms with Crippen molar-refractivity contribution < 1.29 is 18.7 Å². The molecule has 4 nitrogen and oxygen atoms in total. The second kappa shape index (κ2) is 8.03. The van der Waals surface area contributed by atoms with Crippen LogP contribution in [-0.2, 0) is 18.7 Å². The summed E-state index contributed by atoms with van der Waals surface area (Å²) in [6, 6.07) is 0. The van der Waals surface area contributed by atoms with E-state index in [0.29, 0.717) is 24.4 Å². The molecule has 0 aromatic rings. The van der Waals surface area contributed by atoms with Gasteiger partial charge in [-0.25, -0.2) is 0 Å². The fourth-order valence-corrected chi connectivity index (χ4v) is 4.93. The zero-order valence-corrected chi connectivity index (χ0v) is 18.0. The summed E-state index contributed by atoms with van der Waals surface area (Å²) < 4.78 is 18.1. The van der Waals surface area contributed by atoms with Crippen molar-refractivity contribution >= 4 is 14.6 Å². The maximum absolute atomic E-state index is 11.2. The molecule has 1 fully saturated rings. The van der Waals surface area contributed by atoms with Gasteiger partial charge in [-0.05, 0) is 55.3 Å². The lowest BCUT2D eigenvalue weighted by Crippen LogP contribution is -2.43. The first kappa shape index (κ1) is 20.8. The molecule has 0 spiro atoms. The largest absolute Gasteiger partial charge is 0.416 e. The highest BCUT2D eigenvalue weighted by Gasteiger charge is 2.48. The fourth-order valence-electron chi connectivity index (χ4n) is 3.89. The molecule has 1 saturated carbocycles. The van der Waals surface area contributed by atoms with E-state index in [1.54, 1.807) is 7.11 Å². The van der Waals surface area contributed by atoms with E-state index in [2.05, 4.69) is 46.9 Å². The summed E-state index contributed by atoms with van der Waals surface area (Å²) in [6.07, 6.45) is 5.32. The number of carbonyl (C=O) groups excluding carboxylic acids is 1. The molecule has 0 aromatic carbocycles. The van der Waals surface area contributed by atoms with E-state index in [1.165, 1.54) is 0 Å². The van der Waals surface area contributed by atoms with E-state index in [1.807, 2.05) is 0 Å². The molecule has 0 aromatic heterocycles. The van der Waals surface area contributed by atoms with Crippen molar-refractivity contribution in [1.29, 1.82) is 0 Å². The van der Waals surface area contributed by atoms with Crippen molar-refractivity contribution in [3.8, 4) is 0 Å². The number of hydrogen-bond donors (Lipinski definition) is 0. The van der Waals surface area contributed by atoms with E-state index in [0.717, 1.165) is 31.3 Å². The number of methoxy groups -OCH3 is 1. The molecule has 2 aliphatic carbocycles. The minimum atomic E-state index is -1.79. The van der Waals surface area contributed by atoms with Gasteiger partial charge in [0, 0.05) is 19.6 Å². The Kier molecular flexibility index (Phi) is 6.69. The maximum atomic E-state index is 11.2. The van der Waals surface area contributed by atoms with Crippen LogP contribution in [0.2, 0.25) is 18.1 Å². The lowest BCUT2D eigenvalue weighted by molar-refractivity contribution is -0.105. The van der Waals surface area contributed by atoms with Gasteiger partial charge < -0.3 is 13.9 Å². The van der Waals surface area contributed by atoms with Gasteiger partial charge in [0.15, 0.2) is 8.32 Å². The fraction of sp³-hybridized carbons (Fsp3) is 0.850. The van der Waals surface area contributed by atoms with Crippen LogP contribution in [0.25, 0.3) is 0 Å². The van der Waals surface area contributed by atoms with Crippen molar-refractivity contribution in [3.63, 3.8) is 0 Å². The van der Waals surface area contributed by atoms with Crippen LogP contribution in [0.1, 0.15) is 40.5 Å². The molecule has 2 rings (SSSR count). The first-order valence-corrected chi connectivity index (χ1v) is 12.4. The highest BCUT2D eigenvalue weighted by molar-refractivity contribution is 6.74. The van der Waals surface area contributed by atoms with Crippen molar-refractivity contribution in [2.24, 2.45) is 17.8 Å². The SMILES string of the molecule is COCC(C)OC1CC2C=C(C=O)CC2C1CO[Si](C)(C)C(C)(C)C. The monoisotopic (exact) mass is 368 g/mol. The molecule has 0 amide bonds. The van der Waals surface area contributed by atoms with Crippen LogP contribution >= 0.6 is 0 Å². The number of aldehydes is 1. The van der Waals surface area contributed by atoms with E-state index in [9.17, 15) is 4.79 Å². The Labute approximate surface area is 154 Å². The molecule has 0 N–H and O–H groups in total. The maximum Gasteiger partial charge on any atom is 0.191 e. The molecule has 0 aliphatic heterocycles. The standard InChI is InChI=1S/C20H36O4Si/c1-14(12-22-5)24-19-10-16-8-15(11-21)9-17(16)18(19)13-23-25(6,7)20(2,3)4/h8,11,14,16-19H,9-10,12-13H2,1-7H3. The quantitative estimate of drug-likeness (QED) is 0.475. The Balaban J connectivity index is 2.08. The Hall–Kier alpha value is -0.493. The Morgan fingerprint density at radius 2 is 2.04 bits per heavy atom. The van der Waals surface area contributed by atoms with Crippen LogP contribution in [0.3, 0.4) is 0 Å². The van der Waals surface area contributed by atoms with Crippen molar-refractivity contribution in [1.82, 2.24) is 0 Å². The number of rotatable bonds is 8. The molecular weight excluding hydrogens is 332 g/mol. The average Bonchev–Trinajstić information content (AvgIpc) is 3.01. The van der Waals surface area contributed by atoms with Gasteiger partial charge in [-0.1, -0.05) is 26.8 Å². The van der Waals surface area contributed by atoms with Crippen LogP contribution in [0, 0.1) is 17.8 Å². The number of hydrogen-bond acceptors (Lipinski definition) is 4. The molecular formula is C20H36O4Si. The predicted molar refractivity (Wildman–Crippen MR) is 103 cm³/mol. The first-order chi connectivity index (χ1) is 11.6. The van der Waals surface area contributed by atoms with Crippen LogP contribution in [0.4, 0.5) is 0 Å². The van der Waals surface area contributed by atoms with Gasteiger partial charge in [-0.2, -0.15) is 0 Å². The Morgan fingerprint density at radius 1 is 1.36 bits per heavy atom. The Bertz CT molecular complexity index is 494. The summed E-state index contributed by atoms with van der Waals surface area (Å²) >= 11 is 0. The van der Waals surface area contributed by atoms with Crippen LogP contribution in [0.15, 0.2) is 11.6 Å². The second-order valence-corrected chi connectivity index (χ2v) is 14.1. The van der Waals surface area contributed by atoms with Gasteiger partial charge in [0.05, 0.1) is 18.8 Å². The summed E-state index contributed by atoms with van der Waals surface area (Å²) in [5.74, 6) is 1.28. The number of carbonyl (C=O) groups is 1. The third-order valence-electron chi connectivity index (χ3n) is 6.38. The third-order valence-corrected chi connectivity index (χ3v) is 10.9. The van der Waals surface area contributed by atoms with E-state index in [-0.39, 0.29) is 17.2 Å². The van der Waals surface area contributed by atoms with Crippen LogP contribution < -0.4 is 0 Å². The van der Waals surface area contributed by atoms with Crippen molar-refractivity contribution in [2.75, 3.05) is 20.3 Å². The zero-order valence-electron chi connectivity index (χ0n) is 17.0. The van der Waals surface area contributed by atoms with Gasteiger partial charge in [-0.3, -0.25) is 4.79 Å². The zero-order chi connectivity index (χ0) is 18.8. The van der Waals surface area contributed by atoms with E-state index >= 15 is 0 Å². The van der Waals surface area contributed by atoms with Gasteiger partial charge in [0.1, 0.15) is 6.29 Å². The highest BCUT2D eigenvalue weighted by Crippen LogP contribution is 2.48. The van der Waals surface area contributed by atoms with Crippen molar-refractivity contribution in [2.45, 2.75) is 70.9 Å². The molecule has 0 saturated heterocycles. The number of allylic oxidation sites excluding steroid dienone is 2. The molecule has 5 heteroatoms. The normalized spacial score (nSPS) is 30.9. The van der Waals surface area contributed by atoms with Crippen LogP contribution in [0.5, 0.6) is 0 Å². The Morgan fingerprint density at radius 3 is 2.60 bits per heavy atom. The number of fused-ring (bicyclic) bond motifs is 1. The summed E-state index contributed by atoms with van der Waals surface area (Å²) in [4.78, 5) is 11.2. The second-order valence-electron chi connectivity index (χ2n) is 9.30. The minimum absolute atomic E-state index is 0.0821. The molecule has 0 bridgehead atoms. The minimum Gasteiger partial charge on any atom is -0.416 e. The first-order valence-electron chi connectivity index (χ1n) is 9.53. The molecule has 0 radical (unpaired) electrons. The average molecular weight is 369 g/mol. The molecule has 2 aliphatic rings. The summed E-state index contributed by atoms with van der Waals surface area (Å²) in [7, 11) is -0.0845. The molecule has 0 heterocycles. The summed E-state index contributed by atoms with van der Waals surface area (Å²) in [5.41, 5.74) is 0.954. The number of ether oxygens (including phenoxy) is 2. The molecule has 144 valence electrons. The van der Waals surface area contributed by atoms with Gasteiger partial charge >= 0.3 is 0 Å². The topological polar surface area (TPSA) is 44.8 Å². The van der Waals surface area contributed by atoms with Gasteiger partial charge in [-0.15, -0.1) is 0 Å².